The van der Waals surface area contributed by atoms with Crippen molar-refractivity contribution in [3.8, 4) is 0 Å². The van der Waals surface area contributed by atoms with Crippen LogP contribution >= 0.6 is 0 Å². The van der Waals surface area contributed by atoms with Crippen LogP contribution in [-0.4, -0.2) is 22.5 Å². The van der Waals surface area contributed by atoms with Crippen LogP contribution in [0.2, 0.25) is 0 Å². The summed E-state index contributed by atoms with van der Waals surface area (Å²) in [5.74, 6) is 0. The van der Waals surface area contributed by atoms with Gasteiger partial charge in [-0.1, -0.05) is 18.2 Å². The fraction of sp³-hybridized carbons (Fsp3) is 0.273. The second-order valence-corrected chi connectivity index (χ2v) is 3.26. The van der Waals surface area contributed by atoms with Gasteiger partial charge >= 0.3 is 6.09 Å². The van der Waals surface area contributed by atoms with E-state index < -0.39 is 6.09 Å². The summed E-state index contributed by atoms with van der Waals surface area (Å²) in [6.45, 7) is 0.315. The molecule has 1 heterocycles. The van der Waals surface area contributed by atoms with E-state index >= 15 is 0 Å². The molecule has 0 amide bonds. The van der Waals surface area contributed by atoms with Crippen molar-refractivity contribution in [3.63, 3.8) is 0 Å². The SMILES string of the molecule is O=C(OCC1=CCCC=C1)n1cccn1. The Morgan fingerprint density at radius 1 is 1.53 bits per heavy atom. The first-order valence-corrected chi connectivity index (χ1v) is 4.88. The molecule has 4 heteroatoms. The summed E-state index contributed by atoms with van der Waals surface area (Å²) in [7, 11) is 0. The largest absolute Gasteiger partial charge is 0.443 e. The molecule has 1 aromatic heterocycles. The van der Waals surface area contributed by atoms with E-state index in [1.165, 1.54) is 4.68 Å². The summed E-state index contributed by atoms with van der Waals surface area (Å²) < 4.78 is 6.24. The van der Waals surface area contributed by atoms with Crippen LogP contribution in [-0.2, 0) is 4.74 Å². The molecule has 0 bridgehead atoms. The lowest BCUT2D eigenvalue weighted by Crippen LogP contribution is -2.15. The summed E-state index contributed by atoms with van der Waals surface area (Å²) in [6.07, 6.45) is 10.9. The van der Waals surface area contributed by atoms with Crippen molar-refractivity contribution in [3.05, 3.63) is 42.3 Å². The van der Waals surface area contributed by atoms with Gasteiger partial charge in [0.2, 0.25) is 0 Å². The predicted octanol–water partition coefficient (Wildman–Crippen LogP) is 2.14. The molecule has 0 spiro atoms. The zero-order chi connectivity index (χ0) is 10.5. The highest BCUT2D eigenvalue weighted by Crippen LogP contribution is 2.09. The number of rotatable bonds is 2. The minimum atomic E-state index is -0.445. The lowest BCUT2D eigenvalue weighted by Gasteiger charge is -2.07. The Labute approximate surface area is 87.8 Å². The summed E-state index contributed by atoms with van der Waals surface area (Å²) in [5.41, 5.74) is 1.04. The van der Waals surface area contributed by atoms with E-state index in [1.807, 2.05) is 6.08 Å². The highest BCUT2D eigenvalue weighted by atomic mass is 16.6. The van der Waals surface area contributed by atoms with Crippen molar-refractivity contribution in [1.82, 2.24) is 9.78 Å². The second kappa shape index (κ2) is 4.59. The van der Waals surface area contributed by atoms with Crippen LogP contribution < -0.4 is 0 Å². The highest BCUT2D eigenvalue weighted by Gasteiger charge is 2.06. The van der Waals surface area contributed by atoms with E-state index in [4.69, 9.17) is 4.74 Å². The van der Waals surface area contributed by atoms with E-state index in [0.717, 1.165) is 18.4 Å². The molecule has 15 heavy (non-hydrogen) atoms. The lowest BCUT2D eigenvalue weighted by atomic mass is 10.1. The van der Waals surface area contributed by atoms with Crippen LogP contribution in [0.1, 0.15) is 12.8 Å². The molecule has 0 unspecified atom stereocenters. The van der Waals surface area contributed by atoms with Crippen molar-refractivity contribution in [1.29, 1.82) is 0 Å². The Morgan fingerprint density at radius 2 is 2.47 bits per heavy atom. The maximum atomic E-state index is 11.4. The summed E-state index contributed by atoms with van der Waals surface area (Å²) in [6, 6.07) is 1.68. The minimum Gasteiger partial charge on any atom is -0.443 e. The molecular formula is C11H12N2O2. The zero-order valence-corrected chi connectivity index (χ0v) is 8.30. The first kappa shape index (κ1) is 9.71. The first-order chi connectivity index (χ1) is 7.36. The fourth-order valence-electron chi connectivity index (χ4n) is 1.36. The van der Waals surface area contributed by atoms with Crippen molar-refractivity contribution in [2.24, 2.45) is 0 Å². The van der Waals surface area contributed by atoms with Crippen molar-refractivity contribution in [2.45, 2.75) is 12.8 Å². The molecule has 0 saturated heterocycles. The summed E-state index contributed by atoms with van der Waals surface area (Å²) in [4.78, 5) is 11.4. The van der Waals surface area contributed by atoms with Crippen LogP contribution in [0.15, 0.2) is 42.3 Å². The molecule has 78 valence electrons. The van der Waals surface area contributed by atoms with Gasteiger partial charge < -0.3 is 4.74 Å². The summed E-state index contributed by atoms with van der Waals surface area (Å²) in [5, 5.41) is 3.78. The number of carbonyl (C=O) groups excluding carboxylic acids is 1. The Balaban J connectivity index is 1.86. The van der Waals surface area contributed by atoms with Crippen molar-refractivity contribution >= 4 is 6.09 Å². The Morgan fingerprint density at radius 3 is 3.13 bits per heavy atom. The molecule has 0 saturated carbocycles. The Kier molecular flexibility index (Phi) is 2.97. The van der Waals surface area contributed by atoms with Gasteiger partial charge in [-0.15, -0.1) is 0 Å². The molecule has 1 aromatic rings. The number of hydrogen-bond donors (Lipinski definition) is 0. The molecule has 1 aliphatic carbocycles. The summed E-state index contributed by atoms with van der Waals surface area (Å²) >= 11 is 0. The van der Waals surface area contributed by atoms with Gasteiger partial charge in [0.15, 0.2) is 0 Å². The van der Waals surface area contributed by atoms with Gasteiger partial charge in [0.25, 0.3) is 0 Å². The third-order valence-corrected chi connectivity index (χ3v) is 2.13. The van der Waals surface area contributed by atoms with E-state index in [9.17, 15) is 4.79 Å². The van der Waals surface area contributed by atoms with Crippen molar-refractivity contribution < 1.29 is 9.53 Å². The van der Waals surface area contributed by atoms with Gasteiger partial charge in [0.05, 0.1) is 0 Å². The second-order valence-electron chi connectivity index (χ2n) is 3.26. The quantitative estimate of drug-likeness (QED) is 0.741. The van der Waals surface area contributed by atoms with Crippen LogP contribution in [0.25, 0.3) is 0 Å². The maximum Gasteiger partial charge on any atom is 0.434 e. The van der Waals surface area contributed by atoms with Crippen LogP contribution in [0.5, 0.6) is 0 Å². The molecule has 0 N–H and O–H groups in total. The lowest BCUT2D eigenvalue weighted by molar-refractivity contribution is 0.154. The number of carbonyl (C=O) groups is 1. The molecule has 2 rings (SSSR count). The molecule has 4 nitrogen and oxygen atoms in total. The Hall–Kier alpha value is -1.84. The number of hydrogen-bond acceptors (Lipinski definition) is 3. The smallest absolute Gasteiger partial charge is 0.434 e. The molecule has 1 aliphatic rings. The molecule has 0 aliphatic heterocycles. The van der Waals surface area contributed by atoms with Gasteiger partial charge in [-0.2, -0.15) is 9.78 Å². The van der Waals surface area contributed by atoms with E-state index in [1.54, 1.807) is 18.5 Å². The molecular weight excluding hydrogens is 192 g/mol. The highest BCUT2D eigenvalue weighted by molar-refractivity contribution is 5.69. The van der Waals surface area contributed by atoms with Crippen LogP contribution in [0, 0.1) is 0 Å². The monoisotopic (exact) mass is 204 g/mol. The van der Waals surface area contributed by atoms with Gasteiger partial charge in [0.1, 0.15) is 6.61 Å². The molecule has 0 atom stereocenters. The molecule has 0 radical (unpaired) electrons. The number of aromatic nitrogens is 2. The van der Waals surface area contributed by atoms with E-state index in [0.29, 0.717) is 6.61 Å². The standard InChI is InChI=1S/C11H12N2O2/c14-11(13-8-4-7-12-13)15-9-10-5-2-1-3-6-10/h2,4-8H,1,3,9H2. The number of allylic oxidation sites excluding steroid dienone is 2. The van der Waals surface area contributed by atoms with E-state index in [-0.39, 0.29) is 0 Å². The fourth-order valence-corrected chi connectivity index (χ4v) is 1.36. The zero-order valence-electron chi connectivity index (χ0n) is 8.30. The third kappa shape index (κ3) is 2.56. The number of ether oxygens (including phenoxy) is 1. The van der Waals surface area contributed by atoms with Gasteiger partial charge in [0, 0.05) is 12.4 Å². The van der Waals surface area contributed by atoms with Gasteiger partial charge in [-0.3, -0.25) is 0 Å². The third-order valence-electron chi connectivity index (χ3n) is 2.13. The van der Waals surface area contributed by atoms with Gasteiger partial charge in [-0.25, -0.2) is 4.79 Å². The normalized spacial score (nSPS) is 14.8. The predicted molar refractivity (Wildman–Crippen MR) is 55.4 cm³/mol. The average molecular weight is 204 g/mol. The minimum absolute atomic E-state index is 0.315. The van der Waals surface area contributed by atoms with Gasteiger partial charge in [-0.05, 0) is 24.5 Å². The molecule has 0 fully saturated rings. The topological polar surface area (TPSA) is 44.1 Å². The van der Waals surface area contributed by atoms with Crippen molar-refractivity contribution in [2.75, 3.05) is 6.61 Å². The van der Waals surface area contributed by atoms with E-state index in [2.05, 4.69) is 17.3 Å². The maximum absolute atomic E-state index is 11.4. The Bertz CT molecular complexity index is 391. The number of nitrogens with zero attached hydrogens (tertiary/aromatic N) is 2. The average Bonchev–Trinajstić information content (AvgIpc) is 2.81. The van der Waals surface area contributed by atoms with Crippen LogP contribution in [0.4, 0.5) is 4.79 Å². The molecule has 0 aromatic carbocycles. The first-order valence-electron chi connectivity index (χ1n) is 4.88. The van der Waals surface area contributed by atoms with Crippen LogP contribution in [0.3, 0.4) is 0 Å².